The quantitative estimate of drug-likeness (QED) is 0.143. The van der Waals surface area contributed by atoms with Crippen molar-refractivity contribution in [3.63, 3.8) is 0 Å². The Morgan fingerprint density at radius 3 is 2.53 bits per heavy atom. The molecule has 45 heavy (non-hydrogen) atoms. The van der Waals surface area contributed by atoms with Crippen molar-refractivity contribution in [2.75, 3.05) is 26.8 Å². The van der Waals surface area contributed by atoms with E-state index >= 15 is 0 Å². The van der Waals surface area contributed by atoms with Gasteiger partial charge in [0, 0.05) is 49.0 Å². The second kappa shape index (κ2) is 11.8. The van der Waals surface area contributed by atoms with Gasteiger partial charge in [-0.15, -0.1) is 0 Å². The maximum atomic E-state index is 13.8. The number of ether oxygens (including phenoxy) is 3. The number of aliphatic imine (C=N–C) groups is 1. The fraction of sp³-hybridized carbons (Fsp3) is 0.500. The molecule has 2 saturated heterocycles. The van der Waals surface area contributed by atoms with E-state index in [1.807, 2.05) is 0 Å². The smallest absolute Gasteiger partial charge is 0.202 e. The number of nitrogens with zero attached hydrogens (tertiary/aromatic N) is 2. The topological polar surface area (TPSA) is 196 Å². The molecule has 0 spiro atoms. The summed E-state index contributed by atoms with van der Waals surface area (Å²) in [7, 11) is 1.33. The van der Waals surface area contributed by atoms with Crippen molar-refractivity contribution in [2.24, 2.45) is 4.99 Å². The lowest BCUT2D eigenvalue weighted by molar-refractivity contribution is -0.247. The number of carbonyl (C=O) groups is 3. The van der Waals surface area contributed by atoms with Crippen LogP contribution in [0.1, 0.15) is 81.7 Å². The molecule has 2 aromatic carbocycles. The summed E-state index contributed by atoms with van der Waals surface area (Å²) < 4.78 is 17.5. The highest BCUT2D eigenvalue weighted by atomic mass is 16.7. The van der Waals surface area contributed by atoms with E-state index < -0.39 is 95.7 Å². The Bertz CT molecular complexity index is 1580. The summed E-state index contributed by atoms with van der Waals surface area (Å²) in [6, 6.07) is 3.79. The van der Waals surface area contributed by atoms with Gasteiger partial charge in [-0.05, 0) is 25.8 Å². The van der Waals surface area contributed by atoms with E-state index in [9.17, 15) is 39.9 Å². The van der Waals surface area contributed by atoms with Crippen LogP contribution in [-0.2, 0) is 20.7 Å². The van der Waals surface area contributed by atoms with Crippen LogP contribution in [0.15, 0.2) is 23.2 Å². The zero-order valence-corrected chi connectivity index (χ0v) is 24.9. The third kappa shape index (κ3) is 5.18. The van der Waals surface area contributed by atoms with Crippen LogP contribution in [-0.4, -0.2) is 111 Å². The Morgan fingerprint density at radius 2 is 1.84 bits per heavy atom. The predicted molar refractivity (Wildman–Crippen MR) is 157 cm³/mol. The van der Waals surface area contributed by atoms with E-state index in [0.29, 0.717) is 0 Å². The molecule has 2 aliphatic heterocycles. The molecule has 0 aromatic heterocycles. The molecule has 3 unspecified atom stereocenters. The fourth-order valence-electron chi connectivity index (χ4n) is 6.88. The van der Waals surface area contributed by atoms with Crippen molar-refractivity contribution in [1.29, 1.82) is 0 Å². The number of Topliss-reactive ketones (excluding diaryl/α,β-unsaturated/α-hetero) is 1. The second-order valence-electron chi connectivity index (χ2n) is 12.1. The van der Waals surface area contributed by atoms with Crippen LogP contribution < -0.4 is 4.74 Å². The first-order valence-corrected chi connectivity index (χ1v) is 15.0. The summed E-state index contributed by atoms with van der Waals surface area (Å²) in [5, 5.41) is 55.1. The lowest BCUT2D eigenvalue weighted by atomic mass is 9.72. The Labute approximate surface area is 258 Å². The summed E-state index contributed by atoms with van der Waals surface area (Å²) in [5.74, 6) is -3.72. The Morgan fingerprint density at radius 1 is 1.13 bits per heavy atom. The maximum Gasteiger partial charge on any atom is 0.202 e. The number of benzene rings is 2. The third-order valence-corrected chi connectivity index (χ3v) is 9.29. The number of aromatic hydroxyl groups is 2. The summed E-state index contributed by atoms with van der Waals surface area (Å²) in [5.41, 5.74) is -3.58. The molecule has 6 rings (SSSR count). The maximum absolute atomic E-state index is 13.8. The number of hydrogen-bond donors (Lipinski definition) is 5. The summed E-state index contributed by atoms with van der Waals surface area (Å²) in [6.07, 6.45) is -1.22. The van der Waals surface area contributed by atoms with E-state index in [1.54, 1.807) is 13.3 Å². The van der Waals surface area contributed by atoms with Gasteiger partial charge < -0.3 is 44.6 Å². The molecule has 0 radical (unpaired) electrons. The van der Waals surface area contributed by atoms with Crippen LogP contribution in [0.25, 0.3) is 0 Å². The van der Waals surface area contributed by atoms with E-state index in [4.69, 9.17) is 14.2 Å². The molecule has 5 N–H and O–H groups in total. The minimum Gasteiger partial charge on any atom is -0.507 e. The number of methoxy groups -OCH3 is 1. The lowest BCUT2D eigenvalue weighted by Crippen LogP contribution is -2.50. The number of aliphatic hydroxyl groups excluding tert-OH is 2. The number of hydrogen-bond acceptors (Lipinski definition) is 12. The number of phenols is 2. The summed E-state index contributed by atoms with van der Waals surface area (Å²) >= 11 is 0. The van der Waals surface area contributed by atoms with Gasteiger partial charge in [0.1, 0.15) is 35.6 Å². The van der Waals surface area contributed by atoms with Crippen LogP contribution >= 0.6 is 0 Å². The number of ketones is 3. The first-order chi connectivity index (χ1) is 21.5. The van der Waals surface area contributed by atoms with Crippen LogP contribution in [0, 0.1) is 0 Å². The molecule has 4 aliphatic rings. The molecule has 0 amide bonds. The molecule has 2 aliphatic carbocycles. The number of likely N-dealkylation sites (tertiary alicyclic amines) is 1. The van der Waals surface area contributed by atoms with E-state index in [2.05, 4.69) is 9.89 Å². The molecule has 13 heteroatoms. The highest BCUT2D eigenvalue weighted by Crippen LogP contribution is 2.52. The van der Waals surface area contributed by atoms with Crippen molar-refractivity contribution in [1.82, 2.24) is 4.90 Å². The predicted octanol–water partition coefficient (Wildman–Crippen LogP) is 1.17. The van der Waals surface area contributed by atoms with Crippen LogP contribution in [0.5, 0.6) is 17.2 Å². The van der Waals surface area contributed by atoms with Gasteiger partial charge >= 0.3 is 0 Å². The molecule has 0 bridgehead atoms. The van der Waals surface area contributed by atoms with Crippen molar-refractivity contribution < 1.29 is 54.1 Å². The molecule has 2 heterocycles. The Kier molecular flexibility index (Phi) is 8.16. The first-order valence-electron chi connectivity index (χ1n) is 15.0. The van der Waals surface area contributed by atoms with Gasteiger partial charge in [0.25, 0.3) is 0 Å². The molecular formula is C32H36N2O11. The van der Waals surface area contributed by atoms with Gasteiger partial charge in [-0.3, -0.25) is 19.4 Å². The summed E-state index contributed by atoms with van der Waals surface area (Å²) in [4.78, 5) is 46.9. The lowest BCUT2D eigenvalue weighted by Gasteiger charge is -2.42. The standard InChI is InChI=1S/C32H36N2O11/c1-15-27(37)18(33-14-34-8-3-4-9-34)10-22(44-15)45-20-12-32(42,21(36)13-35)11-17-24(20)31(41)26-25(29(17)39)28(38)16-6-5-7-19(43-2)23(16)30(26)40/h5-7,14-15,18,20,22,27,35,37,39,41-42H,3-4,8-13H2,1-2H3/t15?,18-,20-,22?,27+,32?/m0/s1. The molecule has 2 aromatic rings. The van der Waals surface area contributed by atoms with Crippen molar-refractivity contribution in [3.8, 4) is 17.2 Å². The normalized spacial score (nSPS) is 29.4. The molecule has 240 valence electrons. The number of phenolic OH excluding ortho intramolecular Hbond substituents is 2. The van der Waals surface area contributed by atoms with Gasteiger partial charge in [-0.1, -0.05) is 12.1 Å². The Balaban J connectivity index is 1.42. The van der Waals surface area contributed by atoms with Crippen LogP contribution in [0.3, 0.4) is 0 Å². The van der Waals surface area contributed by atoms with Crippen LogP contribution in [0.2, 0.25) is 0 Å². The van der Waals surface area contributed by atoms with E-state index in [-0.39, 0.29) is 34.4 Å². The largest absolute Gasteiger partial charge is 0.507 e. The molecule has 2 fully saturated rings. The Hall–Kier alpha value is -3.88. The molecule has 0 saturated carbocycles. The fourth-order valence-corrected chi connectivity index (χ4v) is 6.88. The average molecular weight is 625 g/mol. The molecular weight excluding hydrogens is 588 g/mol. The van der Waals surface area contributed by atoms with Gasteiger partial charge in [-0.25, -0.2) is 0 Å². The third-order valence-electron chi connectivity index (χ3n) is 9.29. The van der Waals surface area contributed by atoms with E-state index in [1.165, 1.54) is 25.3 Å². The van der Waals surface area contributed by atoms with Gasteiger partial charge in [-0.2, -0.15) is 0 Å². The zero-order chi connectivity index (χ0) is 32.2. The van der Waals surface area contributed by atoms with Crippen molar-refractivity contribution >= 4 is 23.7 Å². The van der Waals surface area contributed by atoms with E-state index in [0.717, 1.165) is 25.9 Å². The second-order valence-corrected chi connectivity index (χ2v) is 12.1. The molecule has 13 nitrogen and oxygen atoms in total. The zero-order valence-electron chi connectivity index (χ0n) is 24.9. The van der Waals surface area contributed by atoms with Gasteiger partial charge in [0.2, 0.25) is 5.78 Å². The number of rotatable bonds is 7. The van der Waals surface area contributed by atoms with Gasteiger partial charge in [0.15, 0.2) is 17.9 Å². The minimum atomic E-state index is -2.25. The number of fused-ring (bicyclic) bond motifs is 3. The van der Waals surface area contributed by atoms with Gasteiger partial charge in [0.05, 0.1) is 48.4 Å². The SMILES string of the molecule is COc1cccc2c1C(=O)c1c(O)c3c(c(O)c1C2=O)CC(O)(C(=O)CO)C[C@@H]3OC1C[C@H](N=CN2CCCC2)[C@H](O)C(C)O1. The van der Waals surface area contributed by atoms with Crippen molar-refractivity contribution in [2.45, 2.75) is 75.3 Å². The first kappa shape index (κ1) is 31.1. The average Bonchev–Trinajstić information content (AvgIpc) is 3.55. The van der Waals surface area contributed by atoms with Crippen molar-refractivity contribution in [3.05, 3.63) is 51.6 Å². The minimum absolute atomic E-state index is 0.0458. The number of aliphatic hydroxyl groups is 3. The monoisotopic (exact) mass is 624 g/mol. The van der Waals surface area contributed by atoms with Crippen LogP contribution in [0.4, 0.5) is 0 Å². The summed E-state index contributed by atoms with van der Waals surface area (Å²) in [6.45, 7) is 2.35. The highest BCUT2D eigenvalue weighted by Gasteiger charge is 2.50. The molecule has 6 atom stereocenters. The highest BCUT2D eigenvalue weighted by molar-refractivity contribution is 6.31. The number of carbonyl (C=O) groups excluding carboxylic acids is 3.